The van der Waals surface area contributed by atoms with Crippen LogP contribution in [0.3, 0.4) is 0 Å². The van der Waals surface area contributed by atoms with Gasteiger partial charge in [-0.25, -0.2) is 4.99 Å². The summed E-state index contributed by atoms with van der Waals surface area (Å²) in [6.07, 6.45) is 1.10. The van der Waals surface area contributed by atoms with E-state index in [1.165, 1.54) is 5.56 Å². The third kappa shape index (κ3) is 4.66. The number of nitrogens with one attached hydrogen (secondary N) is 2. The molecule has 0 aliphatic rings. The summed E-state index contributed by atoms with van der Waals surface area (Å²) >= 11 is 1.71. The summed E-state index contributed by atoms with van der Waals surface area (Å²) in [6.45, 7) is 8.05. The molecule has 0 saturated carbocycles. The van der Waals surface area contributed by atoms with E-state index < -0.39 is 0 Å². The zero-order valence-electron chi connectivity index (χ0n) is 10.3. The topological polar surface area (TPSA) is 36.4 Å². The molecule has 0 aromatic carbocycles. The molecule has 0 fully saturated rings. The fraction of sp³-hybridized carbons (Fsp3) is 0.583. The minimum atomic E-state index is 0.459. The van der Waals surface area contributed by atoms with Gasteiger partial charge < -0.3 is 10.6 Å². The van der Waals surface area contributed by atoms with Crippen molar-refractivity contribution in [3.8, 4) is 0 Å². The molecule has 2 N–H and O–H groups in total. The zero-order chi connectivity index (χ0) is 11.8. The van der Waals surface area contributed by atoms with E-state index in [9.17, 15) is 0 Å². The van der Waals surface area contributed by atoms with Gasteiger partial charge >= 0.3 is 0 Å². The number of hydrogen-bond acceptors (Lipinski definition) is 2. The lowest BCUT2D eigenvalue weighted by atomic mass is 10.3. The van der Waals surface area contributed by atoms with Crippen molar-refractivity contribution in [1.29, 1.82) is 0 Å². The molecular weight excluding hydrogens is 218 g/mol. The summed E-state index contributed by atoms with van der Waals surface area (Å²) in [5, 5.41) is 10.8. The van der Waals surface area contributed by atoms with Crippen molar-refractivity contribution in [3.63, 3.8) is 0 Å². The molecule has 90 valence electrons. The monoisotopic (exact) mass is 239 g/mol. The summed E-state index contributed by atoms with van der Waals surface area (Å²) in [4.78, 5) is 4.54. The van der Waals surface area contributed by atoms with Crippen LogP contribution in [-0.2, 0) is 6.54 Å². The van der Waals surface area contributed by atoms with E-state index in [0.29, 0.717) is 6.04 Å². The average Bonchev–Trinajstić information content (AvgIpc) is 2.79. The second-order valence-corrected chi connectivity index (χ2v) is 4.56. The minimum Gasteiger partial charge on any atom is -0.357 e. The van der Waals surface area contributed by atoms with Crippen LogP contribution in [0, 0.1) is 0 Å². The van der Waals surface area contributed by atoms with Crippen LogP contribution in [0.25, 0.3) is 0 Å². The largest absolute Gasteiger partial charge is 0.357 e. The van der Waals surface area contributed by atoms with Crippen molar-refractivity contribution in [2.75, 3.05) is 6.54 Å². The van der Waals surface area contributed by atoms with Gasteiger partial charge in [0.1, 0.15) is 0 Å². The first-order valence-electron chi connectivity index (χ1n) is 5.82. The van der Waals surface area contributed by atoms with Gasteiger partial charge in [-0.1, -0.05) is 6.92 Å². The summed E-state index contributed by atoms with van der Waals surface area (Å²) in [5.74, 6) is 0.906. The number of aliphatic imine (C=N–C) groups is 1. The van der Waals surface area contributed by atoms with Gasteiger partial charge in [0.05, 0.1) is 6.54 Å². The Balaban J connectivity index is 2.51. The maximum Gasteiger partial charge on any atom is 0.191 e. The number of nitrogens with zero attached hydrogens (tertiary/aromatic N) is 1. The van der Waals surface area contributed by atoms with Crippen LogP contribution in [0.5, 0.6) is 0 Å². The molecule has 0 saturated heterocycles. The summed E-state index contributed by atoms with van der Waals surface area (Å²) in [7, 11) is 0. The summed E-state index contributed by atoms with van der Waals surface area (Å²) in [5.41, 5.74) is 1.27. The van der Waals surface area contributed by atoms with Crippen LogP contribution in [0.4, 0.5) is 0 Å². The molecule has 3 nitrogen and oxygen atoms in total. The van der Waals surface area contributed by atoms with E-state index in [4.69, 9.17) is 0 Å². The Hall–Kier alpha value is -1.03. The number of hydrogen-bond donors (Lipinski definition) is 2. The van der Waals surface area contributed by atoms with Crippen molar-refractivity contribution in [2.45, 2.75) is 39.8 Å². The fourth-order valence-corrected chi connectivity index (χ4v) is 1.87. The van der Waals surface area contributed by atoms with E-state index in [-0.39, 0.29) is 0 Å². The smallest absolute Gasteiger partial charge is 0.191 e. The molecule has 1 aromatic heterocycles. The second kappa shape index (κ2) is 7.28. The molecule has 16 heavy (non-hydrogen) atoms. The SMILES string of the molecule is CCNC(=NCc1ccsc1)NC(C)CC. The van der Waals surface area contributed by atoms with E-state index in [2.05, 4.69) is 53.2 Å². The highest BCUT2D eigenvalue weighted by atomic mass is 32.1. The standard InChI is InChI=1S/C12H21N3S/c1-4-10(3)15-12(13-5-2)14-8-11-6-7-16-9-11/h6-7,9-10H,4-5,8H2,1-3H3,(H2,13,14,15). The van der Waals surface area contributed by atoms with Gasteiger partial charge in [0.25, 0.3) is 0 Å². The summed E-state index contributed by atoms with van der Waals surface area (Å²) in [6, 6.07) is 2.57. The van der Waals surface area contributed by atoms with Crippen LogP contribution >= 0.6 is 11.3 Å². The lowest BCUT2D eigenvalue weighted by Crippen LogP contribution is -2.41. The van der Waals surface area contributed by atoms with E-state index in [0.717, 1.165) is 25.5 Å². The van der Waals surface area contributed by atoms with Crippen LogP contribution in [0.2, 0.25) is 0 Å². The first-order valence-corrected chi connectivity index (χ1v) is 6.76. The van der Waals surface area contributed by atoms with Crippen LogP contribution in [0.15, 0.2) is 21.8 Å². The predicted molar refractivity (Wildman–Crippen MR) is 72.0 cm³/mol. The summed E-state index contributed by atoms with van der Waals surface area (Å²) < 4.78 is 0. The Morgan fingerprint density at radius 2 is 2.31 bits per heavy atom. The Morgan fingerprint density at radius 1 is 1.50 bits per heavy atom. The van der Waals surface area contributed by atoms with E-state index in [1.807, 2.05) is 0 Å². The number of guanidine groups is 1. The Labute approximate surface area is 102 Å². The van der Waals surface area contributed by atoms with Crippen LogP contribution in [0.1, 0.15) is 32.8 Å². The zero-order valence-corrected chi connectivity index (χ0v) is 11.1. The Bertz CT molecular complexity index is 306. The molecule has 0 bridgehead atoms. The molecule has 1 aromatic rings. The highest BCUT2D eigenvalue weighted by molar-refractivity contribution is 7.07. The number of thiophene rings is 1. The molecular formula is C12H21N3S. The first-order chi connectivity index (χ1) is 7.76. The van der Waals surface area contributed by atoms with Gasteiger partial charge in [-0.2, -0.15) is 11.3 Å². The third-order valence-corrected chi connectivity index (χ3v) is 3.07. The van der Waals surface area contributed by atoms with Crippen LogP contribution in [-0.4, -0.2) is 18.5 Å². The van der Waals surface area contributed by atoms with Crippen molar-refractivity contribution in [3.05, 3.63) is 22.4 Å². The minimum absolute atomic E-state index is 0.459. The molecule has 1 unspecified atom stereocenters. The maximum atomic E-state index is 4.54. The predicted octanol–water partition coefficient (Wildman–Crippen LogP) is 2.60. The van der Waals surface area contributed by atoms with E-state index >= 15 is 0 Å². The molecule has 0 aliphatic heterocycles. The van der Waals surface area contributed by atoms with Gasteiger partial charge in [-0.05, 0) is 42.7 Å². The van der Waals surface area contributed by atoms with Gasteiger partial charge in [0.15, 0.2) is 5.96 Å². The first kappa shape index (κ1) is 13.0. The average molecular weight is 239 g/mol. The molecule has 0 radical (unpaired) electrons. The van der Waals surface area contributed by atoms with Crippen molar-refractivity contribution in [2.24, 2.45) is 4.99 Å². The lowest BCUT2D eigenvalue weighted by molar-refractivity contribution is 0.624. The molecule has 4 heteroatoms. The fourth-order valence-electron chi connectivity index (χ4n) is 1.21. The molecule has 0 aliphatic carbocycles. The van der Waals surface area contributed by atoms with Gasteiger partial charge in [0, 0.05) is 12.6 Å². The van der Waals surface area contributed by atoms with Crippen LogP contribution < -0.4 is 10.6 Å². The lowest BCUT2D eigenvalue weighted by Gasteiger charge is -2.15. The Morgan fingerprint density at radius 3 is 2.88 bits per heavy atom. The second-order valence-electron chi connectivity index (χ2n) is 3.78. The van der Waals surface area contributed by atoms with Gasteiger partial charge in [0.2, 0.25) is 0 Å². The van der Waals surface area contributed by atoms with Crippen molar-refractivity contribution in [1.82, 2.24) is 10.6 Å². The van der Waals surface area contributed by atoms with Gasteiger partial charge in [-0.15, -0.1) is 0 Å². The molecule has 0 spiro atoms. The quantitative estimate of drug-likeness (QED) is 0.612. The molecule has 1 atom stereocenters. The molecule has 1 heterocycles. The van der Waals surface area contributed by atoms with Crippen molar-refractivity contribution >= 4 is 17.3 Å². The highest BCUT2D eigenvalue weighted by Crippen LogP contribution is 2.06. The number of rotatable bonds is 5. The molecule has 0 amide bonds. The van der Waals surface area contributed by atoms with Gasteiger partial charge in [-0.3, -0.25) is 0 Å². The third-order valence-electron chi connectivity index (χ3n) is 2.34. The highest BCUT2D eigenvalue weighted by Gasteiger charge is 2.02. The maximum absolute atomic E-state index is 4.54. The normalized spacial score (nSPS) is 13.6. The molecule has 1 rings (SSSR count). The Kier molecular flexibility index (Phi) is 5.93. The van der Waals surface area contributed by atoms with E-state index in [1.54, 1.807) is 11.3 Å². The van der Waals surface area contributed by atoms with Crippen molar-refractivity contribution < 1.29 is 0 Å².